The highest BCUT2D eigenvalue weighted by molar-refractivity contribution is 5.75. The van der Waals surface area contributed by atoms with Crippen LogP contribution in [0, 0.1) is 5.92 Å². The van der Waals surface area contributed by atoms with Gasteiger partial charge < -0.3 is 5.11 Å². The normalized spacial score (nSPS) is 24.6. The number of aliphatic carboxylic acids is 1. The summed E-state index contributed by atoms with van der Waals surface area (Å²) in [6.45, 7) is 2.12. The largest absolute Gasteiger partial charge is 0.481 e. The van der Waals surface area contributed by atoms with Gasteiger partial charge in [-0.15, -0.1) is 0 Å². The first kappa shape index (κ1) is 9.25. The van der Waals surface area contributed by atoms with E-state index in [1.165, 1.54) is 11.1 Å². The Hall–Kier alpha value is -1.31. The smallest absolute Gasteiger partial charge is 0.307 e. The first-order chi connectivity index (χ1) is 6.72. The lowest BCUT2D eigenvalue weighted by Crippen LogP contribution is -1.98. The van der Waals surface area contributed by atoms with Crippen molar-refractivity contribution < 1.29 is 9.90 Å². The van der Waals surface area contributed by atoms with E-state index in [9.17, 15) is 4.79 Å². The summed E-state index contributed by atoms with van der Waals surface area (Å²) >= 11 is 0. The summed E-state index contributed by atoms with van der Waals surface area (Å²) < 4.78 is 0. The summed E-state index contributed by atoms with van der Waals surface area (Å²) in [5.74, 6) is -0.532. The fourth-order valence-corrected chi connectivity index (χ4v) is 1.84. The van der Waals surface area contributed by atoms with Crippen LogP contribution in [0.4, 0.5) is 0 Å². The average Bonchev–Trinajstić information content (AvgIpc) is 2.97. The van der Waals surface area contributed by atoms with Crippen LogP contribution in [0.2, 0.25) is 0 Å². The lowest BCUT2D eigenvalue weighted by molar-refractivity contribution is -0.138. The number of rotatable bonds is 3. The molecule has 1 fully saturated rings. The Bertz CT molecular complexity index is 340. The predicted octanol–water partition coefficient (Wildman–Crippen LogP) is 2.44. The highest BCUT2D eigenvalue weighted by Gasteiger charge is 2.43. The summed E-state index contributed by atoms with van der Waals surface area (Å²) in [7, 11) is 0. The van der Waals surface area contributed by atoms with Crippen LogP contribution in [-0.2, 0) is 11.2 Å². The van der Waals surface area contributed by atoms with Gasteiger partial charge in [-0.3, -0.25) is 4.79 Å². The van der Waals surface area contributed by atoms with Gasteiger partial charge >= 0.3 is 5.97 Å². The fourth-order valence-electron chi connectivity index (χ4n) is 1.84. The van der Waals surface area contributed by atoms with Gasteiger partial charge in [0.25, 0.3) is 0 Å². The standard InChI is InChI=1S/C12H14O2/c1-2-8-3-5-9(6-4-8)10-7-11(10)12(13)14/h3-6,10-11H,2,7H2,1H3,(H,13,14)/t10-,11-/m0/s1. The van der Waals surface area contributed by atoms with E-state index in [4.69, 9.17) is 5.11 Å². The number of carboxylic acids is 1. The van der Waals surface area contributed by atoms with Crippen LogP contribution in [0.5, 0.6) is 0 Å². The Morgan fingerprint density at radius 1 is 1.43 bits per heavy atom. The van der Waals surface area contributed by atoms with E-state index >= 15 is 0 Å². The molecule has 0 amide bonds. The molecule has 0 bridgehead atoms. The number of hydrogen-bond donors (Lipinski definition) is 1. The Morgan fingerprint density at radius 2 is 2.07 bits per heavy atom. The second-order valence-corrected chi connectivity index (χ2v) is 3.88. The molecule has 2 nitrogen and oxygen atoms in total. The SMILES string of the molecule is CCc1ccc([C@@H]2C[C@@H]2C(=O)O)cc1. The van der Waals surface area contributed by atoms with Crippen molar-refractivity contribution in [3.8, 4) is 0 Å². The van der Waals surface area contributed by atoms with E-state index in [1.807, 2.05) is 0 Å². The molecule has 0 unspecified atom stereocenters. The predicted molar refractivity (Wildman–Crippen MR) is 54.3 cm³/mol. The van der Waals surface area contributed by atoms with Crippen molar-refractivity contribution in [2.45, 2.75) is 25.7 Å². The molecular weight excluding hydrogens is 176 g/mol. The van der Waals surface area contributed by atoms with E-state index in [0.29, 0.717) is 0 Å². The summed E-state index contributed by atoms with van der Waals surface area (Å²) in [6.07, 6.45) is 1.84. The number of aryl methyl sites for hydroxylation is 1. The van der Waals surface area contributed by atoms with Crippen molar-refractivity contribution in [1.82, 2.24) is 0 Å². The number of hydrogen-bond acceptors (Lipinski definition) is 1. The van der Waals surface area contributed by atoms with E-state index in [2.05, 4.69) is 31.2 Å². The molecule has 2 atom stereocenters. The Kier molecular flexibility index (Phi) is 2.28. The molecule has 1 aliphatic rings. The lowest BCUT2D eigenvalue weighted by atomic mass is 10.1. The van der Waals surface area contributed by atoms with Crippen LogP contribution in [0.25, 0.3) is 0 Å². The van der Waals surface area contributed by atoms with Gasteiger partial charge in [-0.25, -0.2) is 0 Å². The summed E-state index contributed by atoms with van der Waals surface area (Å²) in [6, 6.07) is 8.30. The van der Waals surface area contributed by atoms with Gasteiger partial charge in [-0.1, -0.05) is 31.2 Å². The average molecular weight is 190 g/mol. The van der Waals surface area contributed by atoms with Gasteiger partial charge in [-0.2, -0.15) is 0 Å². The molecule has 0 radical (unpaired) electrons. The number of benzene rings is 1. The maximum Gasteiger partial charge on any atom is 0.307 e. The fraction of sp³-hybridized carbons (Fsp3) is 0.417. The molecule has 1 saturated carbocycles. The van der Waals surface area contributed by atoms with E-state index < -0.39 is 5.97 Å². The molecule has 1 aromatic carbocycles. The van der Waals surface area contributed by atoms with E-state index in [-0.39, 0.29) is 11.8 Å². The number of carbonyl (C=O) groups is 1. The van der Waals surface area contributed by atoms with Gasteiger partial charge in [0.1, 0.15) is 0 Å². The summed E-state index contributed by atoms with van der Waals surface area (Å²) in [4.78, 5) is 10.7. The molecule has 2 rings (SSSR count). The van der Waals surface area contributed by atoms with Gasteiger partial charge in [0.05, 0.1) is 5.92 Å². The van der Waals surface area contributed by atoms with Gasteiger partial charge in [0.2, 0.25) is 0 Å². The minimum atomic E-state index is -0.658. The van der Waals surface area contributed by atoms with Crippen LogP contribution in [0.3, 0.4) is 0 Å². The summed E-state index contributed by atoms with van der Waals surface area (Å²) in [5, 5.41) is 8.79. The Morgan fingerprint density at radius 3 is 2.50 bits per heavy atom. The zero-order valence-corrected chi connectivity index (χ0v) is 8.23. The van der Waals surface area contributed by atoms with E-state index in [1.54, 1.807) is 0 Å². The lowest BCUT2D eigenvalue weighted by Gasteiger charge is -2.00. The first-order valence-electron chi connectivity index (χ1n) is 5.04. The topological polar surface area (TPSA) is 37.3 Å². The van der Waals surface area contributed by atoms with Crippen LogP contribution in [0.1, 0.15) is 30.4 Å². The molecule has 74 valence electrons. The van der Waals surface area contributed by atoms with Crippen molar-refractivity contribution in [2.75, 3.05) is 0 Å². The van der Waals surface area contributed by atoms with E-state index in [0.717, 1.165) is 12.8 Å². The first-order valence-corrected chi connectivity index (χ1v) is 5.04. The molecule has 2 heteroatoms. The third kappa shape index (κ3) is 1.65. The van der Waals surface area contributed by atoms with Crippen LogP contribution < -0.4 is 0 Å². The highest BCUT2D eigenvalue weighted by atomic mass is 16.4. The van der Waals surface area contributed by atoms with Gasteiger partial charge in [0, 0.05) is 0 Å². The minimum absolute atomic E-state index is 0.137. The van der Waals surface area contributed by atoms with Crippen molar-refractivity contribution in [1.29, 1.82) is 0 Å². The molecule has 0 aliphatic heterocycles. The zero-order chi connectivity index (χ0) is 10.1. The molecule has 1 aliphatic carbocycles. The zero-order valence-electron chi connectivity index (χ0n) is 8.23. The molecule has 0 saturated heterocycles. The summed E-state index contributed by atoms with van der Waals surface area (Å²) in [5.41, 5.74) is 2.48. The molecule has 0 heterocycles. The molecule has 1 aromatic rings. The highest BCUT2D eigenvalue weighted by Crippen LogP contribution is 2.47. The Labute approximate surface area is 83.6 Å². The quantitative estimate of drug-likeness (QED) is 0.794. The van der Waals surface area contributed by atoms with Crippen molar-refractivity contribution in [3.05, 3.63) is 35.4 Å². The maximum absolute atomic E-state index is 10.7. The van der Waals surface area contributed by atoms with Crippen LogP contribution in [-0.4, -0.2) is 11.1 Å². The van der Waals surface area contributed by atoms with Crippen LogP contribution >= 0.6 is 0 Å². The second-order valence-electron chi connectivity index (χ2n) is 3.88. The third-order valence-electron chi connectivity index (χ3n) is 2.92. The minimum Gasteiger partial charge on any atom is -0.481 e. The van der Waals surface area contributed by atoms with Crippen LogP contribution in [0.15, 0.2) is 24.3 Å². The number of carboxylic acid groups (broad SMARTS) is 1. The van der Waals surface area contributed by atoms with Crippen molar-refractivity contribution >= 4 is 5.97 Å². The van der Waals surface area contributed by atoms with Crippen molar-refractivity contribution in [2.24, 2.45) is 5.92 Å². The molecule has 0 aromatic heterocycles. The molecule has 0 spiro atoms. The van der Waals surface area contributed by atoms with Crippen molar-refractivity contribution in [3.63, 3.8) is 0 Å². The second kappa shape index (κ2) is 3.45. The molecular formula is C12H14O2. The Balaban J connectivity index is 2.08. The monoisotopic (exact) mass is 190 g/mol. The van der Waals surface area contributed by atoms with Gasteiger partial charge in [-0.05, 0) is 29.9 Å². The molecule has 14 heavy (non-hydrogen) atoms. The third-order valence-corrected chi connectivity index (χ3v) is 2.92. The maximum atomic E-state index is 10.7. The molecule has 1 N–H and O–H groups in total. The van der Waals surface area contributed by atoms with Gasteiger partial charge in [0.15, 0.2) is 0 Å².